The van der Waals surface area contributed by atoms with E-state index in [4.69, 9.17) is 21.3 Å². The minimum Gasteiger partial charge on any atom is -0.477 e. The van der Waals surface area contributed by atoms with Gasteiger partial charge in [0.05, 0.1) is 28.0 Å². The quantitative estimate of drug-likeness (QED) is 0.644. The molecular formula is C20H22ClN3O. The van der Waals surface area contributed by atoms with E-state index in [1.54, 1.807) is 6.20 Å². The van der Waals surface area contributed by atoms with Gasteiger partial charge >= 0.3 is 0 Å². The first-order valence-electron chi connectivity index (χ1n) is 8.93. The van der Waals surface area contributed by atoms with E-state index in [-0.39, 0.29) is 0 Å². The average Bonchev–Trinajstić information content (AvgIpc) is 2.66. The maximum Gasteiger partial charge on any atom is 0.223 e. The number of halogens is 1. The van der Waals surface area contributed by atoms with Crippen LogP contribution in [-0.4, -0.2) is 41.1 Å². The topological polar surface area (TPSA) is 38.2 Å². The van der Waals surface area contributed by atoms with Crippen molar-refractivity contribution in [3.8, 4) is 5.88 Å². The average molecular weight is 356 g/mol. The van der Waals surface area contributed by atoms with Gasteiger partial charge in [-0.3, -0.25) is 4.98 Å². The molecule has 0 amide bonds. The van der Waals surface area contributed by atoms with Crippen molar-refractivity contribution in [3.05, 3.63) is 41.6 Å². The second-order valence-corrected chi connectivity index (χ2v) is 7.11. The molecule has 0 unspecified atom stereocenters. The Morgan fingerprint density at radius 2 is 2.00 bits per heavy atom. The Hall–Kier alpha value is -1.91. The number of para-hydroxylation sites is 1. The molecule has 1 aliphatic heterocycles. The summed E-state index contributed by atoms with van der Waals surface area (Å²) in [6.07, 6.45) is 4.04. The summed E-state index contributed by atoms with van der Waals surface area (Å²) in [4.78, 5) is 11.7. The van der Waals surface area contributed by atoms with Crippen LogP contribution >= 0.6 is 11.6 Å². The van der Waals surface area contributed by atoms with Crippen LogP contribution in [0, 0.1) is 5.92 Å². The summed E-state index contributed by atoms with van der Waals surface area (Å²) in [6.45, 7) is 6.37. The zero-order valence-electron chi connectivity index (χ0n) is 14.4. The van der Waals surface area contributed by atoms with Crippen molar-refractivity contribution in [2.45, 2.75) is 19.8 Å². The third kappa shape index (κ3) is 3.42. The van der Waals surface area contributed by atoms with Crippen LogP contribution < -0.4 is 4.74 Å². The molecule has 0 radical (unpaired) electrons. The minimum absolute atomic E-state index is 0.582. The molecule has 2 aromatic heterocycles. The van der Waals surface area contributed by atoms with Crippen molar-refractivity contribution in [1.82, 2.24) is 14.9 Å². The van der Waals surface area contributed by atoms with Crippen molar-refractivity contribution in [2.24, 2.45) is 5.92 Å². The molecule has 0 saturated carbocycles. The number of hydrogen-bond donors (Lipinski definition) is 0. The zero-order chi connectivity index (χ0) is 17.2. The molecule has 0 atom stereocenters. The maximum absolute atomic E-state index is 6.17. The lowest BCUT2D eigenvalue weighted by Gasteiger charge is -2.30. The van der Waals surface area contributed by atoms with Crippen LogP contribution in [0.3, 0.4) is 0 Å². The Morgan fingerprint density at radius 3 is 2.80 bits per heavy atom. The highest BCUT2D eigenvalue weighted by atomic mass is 35.5. The number of rotatable bonds is 4. The SMILES string of the molecule is CCN1CCC(COc2nc3ccccc3c3ncc(Cl)cc23)CC1. The van der Waals surface area contributed by atoms with Crippen LogP contribution in [0.2, 0.25) is 5.02 Å². The van der Waals surface area contributed by atoms with E-state index in [1.807, 2.05) is 30.3 Å². The summed E-state index contributed by atoms with van der Waals surface area (Å²) in [5.74, 6) is 1.22. The lowest BCUT2D eigenvalue weighted by molar-refractivity contribution is 0.144. The first kappa shape index (κ1) is 16.6. The van der Waals surface area contributed by atoms with Crippen LogP contribution in [0.1, 0.15) is 19.8 Å². The van der Waals surface area contributed by atoms with Gasteiger partial charge in [0.25, 0.3) is 0 Å². The highest BCUT2D eigenvalue weighted by Crippen LogP contribution is 2.31. The molecule has 1 aliphatic rings. The molecule has 1 saturated heterocycles. The number of benzene rings is 1. The van der Waals surface area contributed by atoms with E-state index in [0.29, 0.717) is 23.4 Å². The van der Waals surface area contributed by atoms with E-state index < -0.39 is 0 Å². The normalized spacial score (nSPS) is 16.6. The fourth-order valence-corrected chi connectivity index (χ4v) is 3.69. The lowest BCUT2D eigenvalue weighted by atomic mass is 9.98. The summed E-state index contributed by atoms with van der Waals surface area (Å²) in [5.41, 5.74) is 1.80. The number of likely N-dealkylation sites (tertiary alicyclic amines) is 1. The summed E-state index contributed by atoms with van der Waals surface area (Å²) in [7, 11) is 0. The number of nitrogens with zero attached hydrogens (tertiary/aromatic N) is 3. The van der Waals surface area contributed by atoms with Gasteiger partial charge in [-0.05, 0) is 50.5 Å². The van der Waals surface area contributed by atoms with Crippen LogP contribution in [0.4, 0.5) is 0 Å². The number of fused-ring (bicyclic) bond motifs is 3. The van der Waals surface area contributed by atoms with Gasteiger partial charge in [0.15, 0.2) is 0 Å². The van der Waals surface area contributed by atoms with Crippen LogP contribution in [0.5, 0.6) is 5.88 Å². The first-order chi connectivity index (χ1) is 12.2. The molecule has 0 N–H and O–H groups in total. The monoisotopic (exact) mass is 355 g/mol. The Labute approximate surface area is 152 Å². The van der Waals surface area contributed by atoms with Gasteiger partial charge in [-0.25, -0.2) is 4.98 Å². The van der Waals surface area contributed by atoms with E-state index in [0.717, 1.165) is 41.4 Å². The van der Waals surface area contributed by atoms with Gasteiger partial charge in [-0.2, -0.15) is 0 Å². The Morgan fingerprint density at radius 1 is 1.20 bits per heavy atom. The van der Waals surface area contributed by atoms with Crippen molar-refractivity contribution >= 4 is 33.4 Å². The maximum atomic E-state index is 6.17. The standard InChI is InChI=1S/C20H22ClN3O/c1-2-24-9-7-14(8-10-24)13-25-20-17-11-15(21)12-22-19(17)16-5-3-4-6-18(16)23-20/h3-6,11-12,14H,2,7-10,13H2,1H3. The summed E-state index contributed by atoms with van der Waals surface area (Å²) >= 11 is 6.17. The Kier molecular flexibility index (Phi) is 4.73. The smallest absolute Gasteiger partial charge is 0.223 e. The molecule has 3 heterocycles. The Balaban J connectivity index is 1.63. The molecule has 0 bridgehead atoms. The van der Waals surface area contributed by atoms with Gasteiger partial charge < -0.3 is 9.64 Å². The van der Waals surface area contributed by atoms with Crippen LogP contribution in [-0.2, 0) is 0 Å². The third-order valence-corrected chi connectivity index (χ3v) is 5.28. The van der Waals surface area contributed by atoms with Gasteiger partial charge in [0.1, 0.15) is 0 Å². The summed E-state index contributed by atoms with van der Waals surface area (Å²) in [6, 6.07) is 9.93. The van der Waals surface area contributed by atoms with Crippen molar-refractivity contribution < 1.29 is 4.74 Å². The third-order valence-electron chi connectivity index (χ3n) is 5.08. The molecule has 3 aromatic rings. The Bertz CT molecular complexity index is 891. The fourth-order valence-electron chi connectivity index (χ4n) is 3.53. The number of piperidine rings is 1. The van der Waals surface area contributed by atoms with Crippen LogP contribution in [0.25, 0.3) is 21.8 Å². The predicted molar refractivity (Wildman–Crippen MR) is 102 cm³/mol. The van der Waals surface area contributed by atoms with E-state index in [1.165, 1.54) is 12.8 Å². The lowest BCUT2D eigenvalue weighted by Crippen LogP contribution is -2.35. The largest absolute Gasteiger partial charge is 0.477 e. The number of hydrogen-bond acceptors (Lipinski definition) is 4. The van der Waals surface area contributed by atoms with Crippen LogP contribution in [0.15, 0.2) is 36.5 Å². The summed E-state index contributed by atoms with van der Waals surface area (Å²) in [5, 5.41) is 2.51. The van der Waals surface area contributed by atoms with Gasteiger partial charge in [-0.15, -0.1) is 0 Å². The van der Waals surface area contributed by atoms with Crippen molar-refractivity contribution in [3.63, 3.8) is 0 Å². The first-order valence-corrected chi connectivity index (χ1v) is 9.31. The zero-order valence-corrected chi connectivity index (χ0v) is 15.2. The fraction of sp³-hybridized carbons (Fsp3) is 0.400. The second-order valence-electron chi connectivity index (χ2n) is 6.67. The van der Waals surface area contributed by atoms with E-state index >= 15 is 0 Å². The molecule has 1 fully saturated rings. The van der Waals surface area contributed by atoms with Crippen molar-refractivity contribution in [2.75, 3.05) is 26.2 Å². The van der Waals surface area contributed by atoms with Gasteiger partial charge in [0, 0.05) is 11.6 Å². The molecule has 5 heteroatoms. The highest BCUT2D eigenvalue weighted by molar-refractivity contribution is 6.31. The van der Waals surface area contributed by atoms with E-state index in [9.17, 15) is 0 Å². The molecule has 4 rings (SSSR count). The highest BCUT2D eigenvalue weighted by Gasteiger charge is 2.19. The van der Waals surface area contributed by atoms with Crippen molar-refractivity contribution in [1.29, 1.82) is 0 Å². The molecule has 25 heavy (non-hydrogen) atoms. The number of pyridine rings is 2. The molecule has 130 valence electrons. The molecule has 0 spiro atoms. The number of aromatic nitrogens is 2. The van der Waals surface area contributed by atoms with Gasteiger partial charge in [0.2, 0.25) is 5.88 Å². The van der Waals surface area contributed by atoms with E-state index in [2.05, 4.69) is 16.8 Å². The van der Waals surface area contributed by atoms with Gasteiger partial charge in [-0.1, -0.05) is 36.7 Å². The predicted octanol–water partition coefficient (Wildman–Crippen LogP) is 4.55. The molecule has 4 nitrogen and oxygen atoms in total. The second kappa shape index (κ2) is 7.14. The molecular weight excluding hydrogens is 334 g/mol. The number of ether oxygens (including phenoxy) is 1. The minimum atomic E-state index is 0.582. The molecule has 1 aromatic carbocycles. The molecule has 0 aliphatic carbocycles. The summed E-state index contributed by atoms with van der Waals surface area (Å²) < 4.78 is 6.16.